The van der Waals surface area contributed by atoms with Gasteiger partial charge in [0.25, 0.3) is 5.75 Å². The number of ether oxygens (including phenoxy) is 1. The van der Waals surface area contributed by atoms with Gasteiger partial charge in [0.15, 0.2) is 0 Å². The smallest absolute Gasteiger partial charge is 0.416 e. The second-order valence-electron chi connectivity index (χ2n) is 4.53. The Morgan fingerprint density at radius 3 is 1.84 bits per heavy atom. The molecule has 2 aromatic carbocycles. The first-order valence-corrected chi connectivity index (χ1v) is 6.93. The van der Waals surface area contributed by atoms with Crippen LogP contribution in [0.25, 0.3) is 0 Å². The molecular weight excluding hydrogens is 392 g/mol. The molecule has 0 spiro atoms. The first-order chi connectivity index (χ1) is 11.5. The van der Waals surface area contributed by atoms with E-state index in [1.807, 2.05) is 0 Å². The van der Waals surface area contributed by atoms with Crippen LogP contribution < -0.4 is 4.74 Å². The zero-order valence-corrected chi connectivity index (χ0v) is 13.2. The van der Waals surface area contributed by atoms with Crippen LogP contribution in [-0.2, 0) is 6.18 Å². The monoisotopic (exact) mass is 396 g/mol. The van der Waals surface area contributed by atoms with Crippen LogP contribution in [0, 0.1) is 20.2 Å². The van der Waals surface area contributed by atoms with Gasteiger partial charge in [0.2, 0.25) is 0 Å². The highest BCUT2D eigenvalue weighted by atomic mass is 35.5. The lowest BCUT2D eigenvalue weighted by Gasteiger charge is -2.11. The topological polar surface area (TPSA) is 95.5 Å². The normalized spacial score (nSPS) is 11.2. The van der Waals surface area contributed by atoms with Gasteiger partial charge in [-0.05, 0) is 12.1 Å². The molecule has 25 heavy (non-hydrogen) atoms. The molecule has 0 unspecified atom stereocenters. The van der Waals surface area contributed by atoms with E-state index in [9.17, 15) is 33.4 Å². The van der Waals surface area contributed by atoms with E-state index < -0.39 is 38.7 Å². The first-order valence-electron chi connectivity index (χ1n) is 6.17. The summed E-state index contributed by atoms with van der Waals surface area (Å²) in [7, 11) is 0. The number of alkyl halides is 3. The Kier molecular flexibility index (Phi) is 5.04. The van der Waals surface area contributed by atoms with Crippen LogP contribution in [-0.4, -0.2) is 9.85 Å². The van der Waals surface area contributed by atoms with Gasteiger partial charge in [-0.1, -0.05) is 23.2 Å². The van der Waals surface area contributed by atoms with Crippen molar-refractivity contribution in [1.82, 2.24) is 0 Å². The largest absolute Gasteiger partial charge is 0.444 e. The standard InChI is InChI=1S/C13H5Cl2F3N2O5/c14-8-2-1-7(5-9(8)15)25-12-10(19(21)22)3-6(13(16,17)18)4-11(12)20(23)24/h1-5H. The Hall–Kier alpha value is -2.59. The number of nitro benzene ring substituents is 2. The molecule has 132 valence electrons. The molecule has 0 fully saturated rings. The Bertz CT molecular complexity index is 838. The summed E-state index contributed by atoms with van der Waals surface area (Å²) < 4.78 is 43.5. The van der Waals surface area contributed by atoms with Crippen molar-refractivity contribution in [2.24, 2.45) is 0 Å². The Balaban J connectivity index is 2.67. The van der Waals surface area contributed by atoms with E-state index in [1.54, 1.807) is 0 Å². The summed E-state index contributed by atoms with van der Waals surface area (Å²) >= 11 is 11.4. The Labute approximate surface area is 146 Å². The van der Waals surface area contributed by atoms with Crippen LogP contribution >= 0.6 is 23.2 Å². The van der Waals surface area contributed by atoms with Gasteiger partial charge in [-0.2, -0.15) is 13.2 Å². The summed E-state index contributed by atoms with van der Waals surface area (Å²) in [5.41, 5.74) is -3.98. The fourth-order valence-electron chi connectivity index (χ4n) is 1.80. The highest BCUT2D eigenvalue weighted by Gasteiger charge is 2.38. The molecule has 0 bridgehead atoms. The van der Waals surface area contributed by atoms with Crippen LogP contribution in [0.3, 0.4) is 0 Å². The minimum Gasteiger partial charge on any atom is -0.444 e. The van der Waals surface area contributed by atoms with Gasteiger partial charge in [-0.3, -0.25) is 20.2 Å². The van der Waals surface area contributed by atoms with E-state index in [1.165, 1.54) is 12.1 Å². The molecule has 0 aliphatic rings. The molecule has 0 amide bonds. The Morgan fingerprint density at radius 1 is 0.920 bits per heavy atom. The third-order valence-electron chi connectivity index (χ3n) is 2.88. The minimum atomic E-state index is -5.02. The first kappa shape index (κ1) is 18.7. The number of rotatable bonds is 4. The van der Waals surface area contributed by atoms with Crippen molar-refractivity contribution < 1.29 is 27.8 Å². The van der Waals surface area contributed by atoms with Gasteiger partial charge < -0.3 is 4.74 Å². The highest BCUT2D eigenvalue weighted by molar-refractivity contribution is 6.42. The van der Waals surface area contributed by atoms with E-state index >= 15 is 0 Å². The van der Waals surface area contributed by atoms with Gasteiger partial charge >= 0.3 is 17.6 Å². The maximum absolute atomic E-state index is 12.8. The number of nitrogens with zero attached hydrogens (tertiary/aromatic N) is 2. The number of hydrogen-bond donors (Lipinski definition) is 0. The molecule has 0 saturated heterocycles. The molecule has 0 N–H and O–H groups in total. The summed E-state index contributed by atoms with van der Waals surface area (Å²) in [6.07, 6.45) is -5.02. The molecular formula is C13H5Cl2F3N2O5. The predicted octanol–water partition coefficient (Wildman–Crippen LogP) is 5.62. The zero-order chi connectivity index (χ0) is 18.9. The van der Waals surface area contributed by atoms with E-state index in [0.717, 1.165) is 6.07 Å². The predicted molar refractivity (Wildman–Crippen MR) is 81.3 cm³/mol. The quantitative estimate of drug-likeness (QED) is 0.493. The van der Waals surface area contributed by atoms with Gasteiger partial charge in [-0.25, -0.2) is 0 Å². The molecule has 0 atom stereocenters. The van der Waals surface area contributed by atoms with Crippen molar-refractivity contribution >= 4 is 34.6 Å². The Morgan fingerprint density at radius 2 is 1.44 bits per heavy atom. The summed E-state index contributed by atoms with van der Waals surface area (Å²) in [6.45, 7) is 0. The molecule has 0 radical (unpaired) electrons. The van der Waals surface area contributed by atoms with Crippen LogP contribution in [0.5, 0.6) is 11.5 Å². The number of benzene rings is 2. The summed E-state index contributed by atoms with van der Waals surface area (Å²) in [5, 5.41) is 22.2. The highest BCUT2D eigenvalue weighted by Crippen LogP contribution is 2.44. The SMILES string of the molecule is O=[N+]([O-])c1cc(C(F)(F)F)cc([N+](=O)[O-])c1Oc1ccc(Cl)c(Cl)c1. The van der Waals surface area contributed by atoms with E-state index in [-0.39, 0.29) is 27.9 Å². The van der Waals surface area contributed by atoms with Crippen molar-refractivity contribution in [2.75, 3.05) is 0 Å². The molecule has 2 aromatic rings. The van der Waals surface area contributed by atoms with Crippen molar-refractivity contribution in [3.05, 3.63) is 66.2 Å². The van der Waals surface area contributed by atoms with E-state index in [0.29, 0.717) is 0 Å². The maximum atomic E-state index is 12.8. The van der Waals surface area contributed by atoms with Gasteiger partial charge in [0, 0.05) is 18.2 Å². The maximum Gasteiger partial charge on any atom is 0.416 e. The number of hydrogen-bond acceptors (Lipinski definition) is 5. The van der Waals surface area contributed by atoms with Crippen LogP contribution in [0.2, 0.25) is 10.0 Å². The van der Waals surface area contributed by atoms with Gasteiger partial charge in [0.1, 0.15) is 5.75 Å². The second kappa shape index (κ2) is 6.73. The fourth-order valence-corrected chi connectivity index (χ4v) is 2.08. The molecule has 0 aliphatic heterocycles. The van der Waals surface area contributed by atoms with Crippen LogP contribution in [0.4, 0.5) is 24.5 Å². The van der Waals surface area contributed by atoms with E-state index in [4.69, 9.17) is 27.9 Å². The molecule has 0 heterocycles. The van der Waals surface area contributed by atoms with Crippen molar-refractivity contribution in [3.63, 3.8) is 0 Å². The average molecular weight is 397 g/mol. The minimum absolute atomic E-state index is 0.0172. The molecule has 0 aromatic heterocycles. The number of halogens is 5. The van der Waals surface area contributed by atoms with Crippen molar-refractivity contribution in [1.29, 1.82) is 0 Å². The van der Waals surface area contributed by atoms with Gasteiger partial charge in [0.05, 0.1) is 25.5 Å². The molecule has 2 rings (SSSR count). The summed E-state index contributed by atoms with van der Waals surface area (Å²) in [5.74, 6) is -1.14. The fraction of sp³-hybridized carbons (Fsp3) is 0.0769. The van der Waals surface area contributed by atoms with Crippen LogP contribution in [0.15, 0.2) is 30.3 Å². The summed E-state index contributed by atoms with van der Waals surface area (Å²) in [4.78, 5) is 19.7. The molecule has 0 aliphatic carbocycles. The third-order valence-corrected chi connectivity index (χ3v) is 3.62. The lowest BCUT2D eigenvalue weighted by Crippen LogP contribution is -2.08. The zero-order valence-electron chi connectivity index (χ0n) is 11.7. The van der Waals surface area contributed by atoms with Crippen molar-refractivity contribution in [3.8, 4) is 11.5 Å². The van der Waals surface area contributed by atoms with Crippen molar-refractivity contribution in [2.45, 2.75) is 6.18 Å². The van der Waals surface area contributed by atoms with Gasteiger partial charge in [-0.15, -0.1) is 0 Å². The van der Waals surface area contributed by atoms with E-state index in [2.05, 4.69) is 0 Å². The third kappa shape index (κ3) is 4.09. The molecule has 12 heteroatoms. The summed E-state index contributed by atoms with van der Waals surface area (Å²) in [6, 6.07) is 3.86. The molecule has 0 saturated carbocycles. The second-order valence-corrected chi connectivity index (χ2v) is 5.35. The molecule has 7 nitrogen and oxygen atoms in total. The van der Waals surface area contributed by atoms with Crippen LogP contribution in [0.1, 0.15) is 5.56 Å². The number of nitro groups is 2. The lowest BCUT2D eigenvalue weighted by molar-refractivity contribution is -0.396. The lowest BCUT2D eigenvalue weighted by atomic mass is 10.1. The average Bonchev–Trinajstić information content (AvgIpc) is 2.49.